The number of rotatable bonds is 6. The fourth-order valence-corrected chi connectivity index (χ4v) is 4.88. The third-order valence-corrected chi connectivity index (χ3v) is 6.35. The molecule has 0 spiro atoms. The van der Waals surface area contributed by atoms with Crippen molar-refractivity contribution in [2.24, 2.45) is 5.92 Å². The predicted molar refractivity (Wildman–Crippen MR) is 115 cm³/mol. The van der Waals surface area contributed by atoms with Gasteiger partial charge in [0.25, 0.3) is 0 Å². The monoisotopic (exact) mass is 434 g/mol. The number of hydrogen-bond donors (Lipinski definition) is 3. The number of nitrogens with zero attached hydrogens (tertiary/aromatic N) is 3. The van der Waals surface area contributed by atoms with Gasteiger partial charge in [-0.05, 0) is 38.1 Å². The Kier molecular flexibility index (Phi) is 5.10. The number of H-pyrrole nitrogens is 1. The molecule has 0 radical (unpaired) electrons. The van der Waals surface area contributed by atoms with Crippen LogP contribution in [0.5, 0.6) is 5.88 Å². The average molecular weight is 434 g/mol. The summed E-state index contributed by atoms with van der Waals surface area (Å²) >= 11 is 0. The molecule has 0 aliphatic carbocycles. The summed E-state index contributed by atoms with van der Waals surface area (Å²) in [5.74, 6) is -2.12. The van der Waals surface area contributed by atoms with Crippen LogP contribution in [-0.4, -0.2) is 67.5 Å². The molecule has 3 aliphatic heterocycles. The summed E-state index contributed by atoms with van der Waals surface area (Å²) in [7, 11) is 0. The van der Waals surface area contributed by atoms with Gasteiger partial charge in [0.2, 0.25) is 5.88 Å². The summed E-state index contributed by atoms with van der Waals surface area (Å²) < 4.78 is 6.15. The minimum absolute atomic E-state index is 0.122. The fourth-order valence-electron chi connectivity index (χ4n) is 4.88. The van der Waals surface area contributed by atoms with Crippen LogP contribution in [0.25, 0.3) is 22.2 Å². The van der Waals surface area contributed by atoms with Gasteiger partial charge in [0, 0.05) is 40.7 Å². The van der Waals surface area contributed by atoms with Crippen LogP contribution in [-0.2, 0) is 9.59 Å². The Morgan fingerprint density at radius 1 is 1.09 bits per heavy atom. The summed E-state index contributed by atoms with van der Waals surface area (Å²) in [5.41, 5.74) is 2.46. The summed E-state index contributed by atoms with van der Waals surface area (Å²) in [6.45, 7) is 1.43. The first-order valence-corrected chi connectivity index (χ1v) is 10.5. The van der Waals surface area contributed by atoms with Crippen LogP contribution in [0.4, 0.5) is 0 Å². The Hall–Kier alpha value is -3.72. The molecule has 2 atom stereocenters. The Balaban J connectivity index is 1.43. The van der Waals surface area contributed by atoms with Gasteiger partial charge in [-0.3, -0.25) is 4.90 Å². The SMILES string of the molecule is O=C(O)/C=C(/C(=O)O)C1[C@H](Oc2ccc(-c3c[nH]c4ccccc34)nn2)C2CCN1CC2. The van der Waals surface area contributed by atoms with E-state index < -0.39 is 24.1 Å². The predicted octanol–water partition coefficient (Wildman–Crippen LogP) is 2.56. The maximum Gasteiger partial charge on any atom is 0.333 e. The van der Waals surface area contributed by atoms with Crippen molar-refractivity contribution in [1.82, 2.24) is 20.1 Å². The highest BCUT2D eigenvalue weighted by Gasteiger charge is 2.47. The normalized spacial score (nSPS) is 25.1. The minimum Gasteiger partial charge on any atom is -0.478 e. The van der Waals surface area contributed by atoms with Crippen LogP contribution in [0.1, 0.15) is 12.8 Å². The zero-order chi connectivity index (χ0) is 22.2. The van der Waals surface area contributed by atoms with E-state index in [1.54, 1.807) is 6.07 Å². The van der Waals surface area contributed by atoms with E-state index in [0.717, 1.165) is 35.4 Å². The number of aromatic nitrogens is 3. The number of piperidine rings is 3. The number of benzene rings is 1. The average Bonchev–Trinajstić information content (AvgIpc) is 3.23. The third-order valence-electron chi connectivity index (χ3n) is 6.35. The van der Waals surface area contributed by atoms with Gasteiger partial charge in [0.15, 0.2) is 0 Å². The fraction of sp³-hybridized carbons (Fsp3) is 0.304. The van der Waals surface area contributed by atoms with Crippen LogP contribution in [0.2, 0.25) is 0 Å². The van der Waals surface area contributed by atoms with Crippen molar-refractivity contribution >= 4 is 22.8 Å². The molecule has 6 rings (SSSR count). The first-order valence-electron chi connectivity index (χ1n) is 10.5. The van der Waals surface area contributed by atoms with Crippen LogP contribution in [0.3, 0.4) is 0 Å². The van der Waals surface area contributed by atoms with Crippen LogP contribution in [0.15, 0.2) is 54.2 Å². The summed E-state index contributed by atoms with van der Waals surface area (Å²) in [6.07, 6.45) is 3.88. The minimum atomic E-state index is -1.29. The molecular weight excluding hydrogens is 412 g/mol. The van der Waals surface area contributed by atoms with E-state index in [9.17, 15) is 19.8 Å². The molecule has 32 heavy (non-hydrogen) atoms. The Morgan fingerprint density at radius 2 is 1.88 bits per heavy atom. The highest BCUT2D eigenvalue weighted by Crippen LogP contribution is 2.38. The van der Waals surface area contributed by atoms with E-state index in [1.807, 2.05) is 41.4 Å². The van der Waals surface area contributed by atoms with Crippen molar-refractivity contribution in [3.63, 3.8) is 0 Å². The van der Waals surface area contributed by atoms with Gasteiger partial charge in [-0.25, -0.2) is 9.59 Å². The quantitative estimate of drug-likeness (QED) is 0.505. The lowest BCUT2D eigenvalue weighted by atomic mass is 9.77. The molecular formula is C23H22N4O5. The van der Waals surface area contributed by atoms with Gasteiger partial charge in [-0.2, -0.15) is 0 Å². The topological polar surface area (TPSA) is 129 Å². The van der Waals surface area contributed by atoms with Crippen LogP contribution >= 0.6 is 0 Å². The zero-order valence-corrected chi connectivity index (χ0v) is 17.1. The molecule has 2 aromatic heterocycles. The molecule has 1 aromatic carbocycles. The number of nitrogens with one attached hydrogen (secondary N) is 1. The van der Waals surface area contributed by atoms with Gasteiger partial charge in [-0.15, -0.1) is 10.2 Å². The van der Waals surface area contributed by atoms with Gasteiger partial charge in [0.1, 0.15) is 6.10 Å². The Bertz CT molecular complexity index is 1190. The molecule has 164 valence electrons. The maximum absolute atomic E-state index is 11.8. The van der Waals surface area contributed by atoms with E-state index in [0.29, 0.717) is 18.8 Å². The van der Waals surface area contributed by atoms with Gasteiger partial charge in [0.05, 0.1) is 17.3 Å². The second-order valence-corrected chi connectivity index (χ2v) is 8.15. The lowest BCUT2D eigenvalue weighted by Crippen LogP contribution is -2.61. The molecule has 3 aliphatic rings. The van der Waals surface area contributed by atoms with Crippen molar-refractivity contribution in [3.05, 3.63) is 54.2 Å². The van der Waals surface area contributed by atoms with E-state index in [1.165, 1.54) is 0 Å². The molecule has 9 nitrogen and oxygen atoms in total. The molecule has 1 unspecified atom stereocenters. The summed E-state index contributed by atoms with van der Waals surface area (Å²) in [6, 6.07) is 10.8. The summed E-state index contributed by atoms with van der Waals surface area (Å²) in [4.78, 5) is 28.3. The second kappa shape index (κ2) is 8.08. The number of aliphatic carboxylic acids is 2. The smallest absolute Gasteiger partial charge is 0.333 e. The molecule has 5 heterocycles. The first-order chi connectivity index (χ1) is 15.5. The first kappa shape index (κ1) is 20.2. The van der Waals surface area contributed by atoms with Gasteiger partial charge >= 0.3 is 11.9 Å². The standard InChI is InChI=1S/C23H22N4O5/c28-20(29)11-15(23(30)31)21-22(13-7-9-27(21)10-8-13)32-19-6-5-18(25-26-19)16-12-24-17-4-2-1-3-14(16)17/h1-6,11-13,21-22,24H,7-10H2,(H,28,29)(H,30,31)/b15-11+/t21?,22-/m1/s1. The van der Waals surface area contributed by atoms with Gasteiger partial charge < -0.3 is 19.9 Å². The molecule has 3 N–H and O–H groups in total. The molecule has 0 saturated carbocycles. The molecule has 3 saturated heterocycles. The van der Waals surface area contributed by atoms with Crippen LogP contribution < -0.4 is 4.74 Å². The summed E-state index contributed by atoms with van der Waals surface area (Å²) in [5, 5.41) is 28.4. The number of fused-ring (bicyclic) bond motifs is 4. The van der Waals surface area contributed by atoms with E-state index in [2.05, 4.69) is 15.2 Å². The molecule has 0 amide bonds. The number of aromatic amines is 1. The zero-order valence-electron chi connectivity index (χ0n) is 17.1. The van der Waals surface area contributed by atoms with Crippen LogP contribution in [0, 0.1) is 5.92 Å². The van der Waals surface area contributed by atoms with Gasteiger partial charge in [-0.1, -0.05) is 18.2 Å². The largest absolute Gasteiger partial charge is 0.478 e. The number of hydrogen-bond acceptors (Lipinski definition) is 6. The molecule has 2 bridgehead atoms. The van der Waals surface area contributed by atoms with E-state index in [-0.39, 0.29) is 17.4 Å². The van der Waals surface area contributed by atoms with Crippen molar-refractivity contribution in [3.8, 4) is 17.1 Å². The maximum atomic E-state index is 11.8. The van der Waals surface area contributed by atoms with Crippen molar-refractivity contribution < 1.29 is 24.5 Å². The van der Waals surface area contributed by atoms with Crippen molar-refractivity contribution in [2.75, 3.05) is 13.1 Å². The van der Waals surface area contributed by atoms with Crippen molar-refractivity contribution in [1.29, 1.82) is 0 Å². The number of carbonyl (C=O) groups is 2. The van der Waals surface area contributed by atoms with Crippen molar-refractivity contribution in [2.45, 2.75) is 25.0 Å². The number of carboxylic acids is 2. The lowest BCUT2D eigenvalue weighted by Gasteiger charge is -2.50. The third kappa shape index (κ3) is 3.60. The lowest BCUT2D eigenvalue weighted by molar-refractivity contribution is -0.137. The molecule has 9 heteroatoms. The highest BCUT2D eigenvalue weighted by atomic mass is 16.5. The van der Waals surface area contributed by atoms with E-state index in [4.69, 9.17) is 4.74 Å². The number of ether oxygens (including phenoxy) is 1. The number of carboxylic acid groups (broad SMARTS) is 2. The molecule has 3 aromatic rings. The Morgan fingerprint density at radius 3 is 2.56 bits per heavy atom. The Labute approximate surface area is 183 Å². The second-order valence-electron chi connectivity index (χ2n) is 8.15. The molecule has 3 fully saturated rings. The highest BCUT2D eigenvalue weighted by molar-refractivity contribution is 5.96. The number of para-hydroxylation sites is 1. The van der Waals surface area contributed by atoms with E-state index >= 15 is 0 Å².